The molecule has 0 saturated carbocycles. The van der Waals surface area contributed by atoms with E-state index in [9.17, 15) is 0 Å². The van der Waals surface area contributed by atoms with Gasteiger partial charge in [0.1, 0.15) is 0 Å². The minimum absolute atomic E-state index is 0.0489. The Labute approximate surface area is 113 Å². The molecular weight excluding hydrogens is 252 g/mol. The third-order valence-corrected chi connectivity index (χ3v) is 3.17. The summed E-state index contributed by atoms with van der Waals surface area (Å²) in [5, 5.41) is 3.43. The van der Waals surface area contributed by atoms with E-state index < -0.39 is 0 Å². The molecule has 6 heteroatoms. The van der Waals surface area contributed by atoms with Gasteiger partial charge < -0.3 is 10.1 Å². The van der Waals surface area contributed by atoms with Gasteiger partial charge in [-0.15, -0.1) is 0 Å². The lowest BCUT2D eigenvalue weighted by Gasteiger charge is -2.28. The van der Waals surface area contributed by atoms with Crippen molar-refractivity contribution < 1.29 is 4.74 Å². The van der Waals surface area contributed by atoms with Gasteiger partial charge in [-0.3, -0.25) is 0 Å². The third-order valence-electron chi connectivity index (χ3n) is 3.00. The van der Waals surface area contributed by atoms with Gasteiger partial charge in [0.15, 0.2) is 0 Å². The van der Waals surface area contributed by atoms with Crippen LogP contribution in [0.5, 0.6) is 6.01 Å². The van der Waals surface area contributed by atoms with Crippen molar-refractivity contribution in [2.24, 2.45) is 0 Å². The minimum Gasteiger partial charge on any atom is -0.463 e. The summed E-state index contributed by atoms with van der Waals surface area (Å²) in [5.41, 5.74) is -0.0489. The molecule has 0 aliphatic carbocycles. The molecule has 0 atom stereocenters. The van der Waals surface area contributed by atoms with Gasteiger partial charge in [0.2, 0.25) is 11.2 Å². The molecule has 0 aliphatic heterocycles. The van der Waals surface area contributed by atoms with Crippen molar-refractivity contribution in [2.75, 3.05) is 11.9 Å². The van der Waals surface area contributed by atoms with Gasteiger partial charge in [-0.1, -0.05) is 20.8 Å². The van der Waals surface area contributed by atoms with E-state index in [2.05, 4.69) is 41.0 Å². The Hall–Kier alpha value is -1.10. The van der Waals surface area contributed by atoms with Crippen molar-refractivity contribution >= 4 is 17.5 Å². The highest BCUT2D eigenvalue weighted by Gasteiger charge is 2.21. The maximum Gasteiger partial charge on any atom is 0.322 e. The number of halogens is 1. The largest absolute Gasteiger partial charge is 0.463 e. The SMILES string of the molecule is CCCOc1nc(Cl)nc(NC(C)(CC)CC)n1. The highest BCUT2D eigenvalue weighted by molar-refractivity contribution is 6.28. The Morgan fingerprint density at radius 3 is 2.39 bits per heavy atom. The molecule has 0 aliphatic rings. The van der Waals surface area contributed by atoms with Gasteiger partial charge in [-0.25, -0.2) is 0 Å². The molecule has 1 rings (SSSR count). The standard InChI is InChI=1S/C12H21ClN4O/c1-5-8-18-11-15-9(13)14-10(16-11)17-12(4,6-2)7-3/h5-8H2,1-4H3,(H,14,15,16,17). The Kier molecular flexibility index (Phi) is 5.59. The molecule has 18 heavy (non-hydrogen) atoms. The van der Waals surface area contributed by atoms with Crippen LogP contribution in [-0.4, -0.2) is 27.1 Å². The van der Waals surface area contributed by atoms with E-state index in [1.165, 1.54) is 0 Å². The van der Waals surface area contributed by atoms with E-state index in [0.29, 0.717) is 12.6 Å². The molecule has 1 N–H and O–H groups in total. The van der Waals surface area contributed by atoms with Crippen molar-refractivity contribution in [1.29, 1.82) is 0 Å². The van der Waals surface area contributed by atoms with Crippen molar-refractivity contribution in [3.63, 3.8) is 0 Å². The van der Waals surface area contributed by atoms with Crippen LogP contribution in [0.3, 0.4) is 0 Å². The molecule has 0 unspecified atom stereocenters. The average molecular weight is 273 g/mol. The first-order valence-electron chi connectivity index (χ1n) is 6.35. The molecule has 0 bridgehead atoms. The second kappa shape index (κ2) is 6.73. The summed E-state index contributed by atoms with van der Waals surface area (Å²) in [6, 6.07) is 0.272. The zero-order valence-corrected chi connectivity index (χ0v) is 12.2. The first-order valence-corrected chi connectivity index (χ1v) is 6.73. The summed E-state index contributed by atoms with van der Waals surface area (Å²) in [4.78, 5) is 12.2. The van der Waals surface area contributed by atoms with Gasteiger partial charge in [0.25, 0.3) is 0 Å². The summed E-state index contributed by atoms with van der Waals surface area (Å²) >= 11 is 5.86. The van der Waals surface area contributed by atoms with E-state index in [-0.39, 0.29) is 16.8 Å². The van der Waals surface area contributed by atoms with E-state index >= 15 is 0 Å². The van der Waals surface area contributed by atoms with Crippen LogP contribution in [0.1, 0.15) is 47.0 Å². The van der Waals surface area contributed by atoms with Crippen LogP contribution in [-0.2, 0) is 0 Å². The quantitative estimate of drug-likeness (QED) is 0.825. The average Bonchev–Trinajstić information content (AvgIpc) is 2.35. The zero-order valence-electron chi connectivity index (χ0n) is 11.5. The smallest absolute Gasteiger partial charge is 0.322 e. The molecule has 5 nitrogen and oxygen atoms in total. The first kappa shape index (κ1) is 15.0. The lowest BCUT2D eigenvalue weighted by atomic mass is 9.96. The fraction of sp³-hybridized carbons (Fsp3) is 0.750. The maximum atomic E-state index is 5.86. The van der Waals surface area contributed by atoms with Crippen molar-refractivity contribution in [3.05, 3.63) is 5.28 Å². The molecule has 0 radical (unpaired) electrons. The summed E-state index contributed by atoms with van der Waals surface area (Å²) < 4.78 is 5.37. The van der Waals surface area contributed by atoms with Crippen LogP contribution in [0.4, 0.5) is 5.95 Å². The van der Waals surface area contributed by atoms with E-state index in [0.717, 1.165) is 19.3 Å². The summed E-state index contributed by atoms with van der Waals surface area (Å²) in [6.07, 6.45) is 2.84. The normalized spacial score (nSPS) is 11.4. The van der Waals surface area contributed by atoms with Crippen LogP contribution in [0, 0.1) is 0 Å². The molecular formula is C12H21ClN4O. The van der Waals surface area contributed by atoms with Gasteiger partial charge >= 0.3 is 6.01 Å². The predicted molar refractivity (Wildman–Crippen MR) is 73.2 cm³/mol. The van der Waals surface area contributed by atoms with Crippen molar-refractivity contribution in [1.82, 2.24) is 15.0 Å². The number of nitrogens with zero attached hydrogens (tertiary/aromatic N) is 3. The topological polar surface area (TPSA) is 59.9 Å². The highest BCUT2D eigenvalue weighted by atomic mass is 35.5. The lowest BCUT2D eigenvalue weighted by Crippen LogP contribution is -2.34. The molecule has 1 heterocycles. The van der Waals surface area contributed by atoms with Crippen LogP contribution < -0.4 is 10.1 Å². The summed E-state index contributed by atoms with van der Waals surface area (Å²) in [6.45, 7) is 8.95. The monoisotopic (exact) mass is 272 g/mol. The molecule has 0 saturated heterocycles. The summed E-state index contributed by atoms with van der Waals surface area (Å²) in [7, 11) is 0. The molecule has 0 aromatic carbocycles. The van der Waals surface area contributed by atoms with E-state index in [4.69, 9.17) is 16.3 Å². The third kappa shape index (κ3) is 4.29. The van der Waals surface area contributed by atoms with Crippen molar-refractivity contribution in [2.45, 2.75) is 52.5 Å². The molecule has 1 aromatic rings. The number of hydrogen-bond donors (Lipinski definition) is 1. The van der Waals surface area contributed by atoms with E-state index in [1.54, 1.807) is 0 Å². The number of hydrogen-bond acceptors (Lipinski definition) is 5. The Morgan fingerprint density at radius 2 is 1.83 bits per heavy atom. The number of anilines is 1. The second-order valence-corrected chi connectivity index (χ2v) is 4.79. The van der Waals surface area contributed by atoms with Crippen LogP contribution in [0.25, 0.3) is 0 Å². The van der Waals surface area contributed by atoms with Crippen LogP contribution >= 0.6 is 11.6 Å². The van der Waals surface area contributed by atoms with Crippen LogP contribution in [0.15, 0.2) is 0 Å². The number of ether oxygens (including phenoxy) is 1. The highest BCUT2D eigenvalue weighted by Crippen LogP contribution is 2.21. The Bertz CT molecular complexity index is 382. The molecule has 1 aromatic heterocycles. The lowest BCUT2D eigenvalue weighted by molar-refractivity contribution is 0.291. The van der Waals surface area contributed by atoms with Crippen LogP contribution in [0.2, 0.25) is 5.28 Å². The van der Waals surface area contributed by atoms with Gasteiger partial charge in [0, 0.05) is 5.54 Å². The van der Waals surface area contributed by atoms with Gasteiger partial charge in [-0.05, 0) is 37.8 Å². The number of nitrogens with one attached hydrogen (secondary N) is 1. The predicted octanol–water partition coefficient (Wildman–Crippen LogP) is 3.30. The molecule has 0 amide bonds. The molecule has 0 spiro atoms. The first-order chi connectivity index (χ1) is 8.53. The summed E-state index contributed by atoms with van der Waals surface area (Å²) in [5.74, 6) is 0.465. The van der Waals surface area contributed by atoms with E-state index in [1.807, 2.05) is 6.92 Å². The zero-order chi connectivity index (χ0) is 13.6. The van der Waals surface area contributed by atoms with Crippen molar-refractivity contribution in [3.8, 4) is 6.01 Å². The number of aromatic nitrogens is 3. The fourth-order valence-corrected chi connectivity index (χ4v) is 1.49. The molecule has 102 valence electrons. The maximum absolute atomic E-state index is 5.86. The van der Waals surface area contributed by atoms with Gasteiger partial charge in [0.05, 0.1) is 6.61 Å². The second-order valence-electron chi connectivity index (χ2n) is 4.45. The molecule has 0 fully saturated rings. The Morgan fingerprint density at radius 1 is 1.17 bits per heavy atom. The van der Waals surface area contributed by atoms with Gasteiger partial charge in [-0.2, -0.15) is 15.0 Å². The number of rotatable bonds is 7. The minimum atomic E-state index is -0.0489. The fourth-order valence-electron chi connectivity index (χ4n) is 1.34. The Balaban J connectivity index is 2.85.